The van der Waals surface area contributed by atoms with Crippen molar-refractivity contribution in [3.05, 3.63) is 0 Å². The molecular formula is C9H17NO2. The zero-order chi connectivity index (χ0) is 8.97. The molecule has 70 valence electrons. The average Bonchev–Trinajstić information content (AvgIpc) is 2.06. The lowest BCUT2D eigenvalue weighted by atomic mass is 9.80. The van der Waals surface area contributed by atoms with Gasteiger partial charge >= 0.3 is 0 Å². The molecular weight excluding hydrogens is 154 g/mol. The second kappa shape index (κ2) is 4.45. The number of aliphatic hydroxyl groups is 1. The molecule has 0 aromatic heterocycles. The quantitative estimate of drug-likeness (QED) is 0.655. The Morgan fingerprint density at radius 2 is 1.92 bits per heavy atom. The summed E-state index contributed by atoms with van der Waals surface area (Å²) in [7, 11) is 0. The molecule has 0 bridgehead atoms. The van der Waals surface area contributed by atoms with E-state index in [1.807, 2.05) is 0 Å². The average molecular weight is 171 g/mol. The van der Waals surface area contributed by atoms with Crippen LogP contribution in [0.5, 0.6) is 0 Å². The Bertz CT molecular complexity index is 151. The summed E-state index contributed by atoms with van der Waals surface area (Å²) in [6.45, 7) is 0.270. The Morgan fingerprint density at radius 1 is 1.33 bits per heavy atom. The Morgan fingerprint density at radius 3 is 2.33 bits per heavy atom. The smallest absolute Gasteiger partial charge is 0.220 e. The standard InChI is InChI=1S/C9H17NO2/c10-9(12)8-3-1-7(2-4-8)5-6-11/h7-8,11H,1-6H2,(H2,10,12). The summed E-state index contributed by atoms with van der Waals surface area (Å²) in [6, 6.07) is 0. The predicted molar refractivity (Wildman–Crippen MR) is 46.3 cm³/mol. The maximum atomic E-state index is 10.8. The molecule has 0 radical (unpaired) electrons. The molecule has 1 saturated carbocycles. The summed E-state index contributed by atoms with van der Waals surface area (Å²) >= 11 is 0. The van der Waals surface area contributed by atoms with E-state index in [0.29, 0.717) is 5.92 Å². The number of carbonyl (C=O) groups is 1. The molecule has 0 spiro atoms. The Balaban J connectivity index is 2.25. The highest BCUT2D eigenvalue weighted by molar-refractivity contribution is 5.76. The van der Waals surface area contributed by atoms with Gasteiger partial charge < -0.3 is 10.8 Å². The van der Waals surface area contributed by atoms with Crippen LogP contribution in [-0.4, -0.2) is 17.6 Å². The highest BCUT2D eigenvalue weighted by atomic mass is 16.3. The Kier molecular flexibility index (Phi) is 3.53. The van der Waals surface area contributed by atoms with Crippen molar-refractivity contribution < 1.29 is 9.90 Å². The minimum absolute atomic E-state index is 0.0972. The van der Waals surface area contributed by atoms with Crippen molar-refractivity contribution in [2.24, 2.45) is 17.6 Å². The third kappa shape index (κ3) is 2.48. The van der Waals surface area contributed by atoms with E-state index in [1.165, 1.54) is 0 Å². The van der Waals surface area contributed by atoms with Crippen LogP contribution in [0.4, 0.5) is 0 Å². The van der Waals surface area contributed by atoms with Gasteiger partial charge in [0, 0.05) is 12.5 Å². The fourth-order valence-electron chi connectivity index (χ4n) is 1.92. The zero-order valence-corrected chi connectivity index (χ0v) is 7.33. The highest BCUT2D eigenvalue weighted by Gasteiger charge is 2.23. The largest absolute Gasteiger partial charge is 0.396 e. The first-order valence-electron chi connectivity index (χ1n) is 4.64. The predicted octanol–water partition coefficient (Wildman–Crippen LogP) is 0.660. The number of hydrogen-bond donors (Lipinski definition) is 2. The lowest BCUT2D eigenvalue weighted by Crippen LogP contribution is -2.27. The van der Waals surface area contributed by atoms with Crippen molar-refractivity contribution in [1.82, 2.24) is 0 Å². The number of aliphatic hydroxyl groups excluding tert-OH is 1. The summed E-state index contributed by atoms with van der Waals surface area (Å²) in [4.78, 5) is 10.8. The monoisotopic (exact) mass is 171 g/mol. The van der Waals surface area contributed by atoms with Crippen LogP contribution in [0.2, 0.25) is 0 Å². The summed E-state index contributed by atoms with van der Waals surface area (Å²) in [5.41, 5.74) is 5.20. The van der Waals surface area contributed by atoms with E-state index in [1.54, 1.807) is 0 Å². The summed E-state index contributed by atoms with van der Waals surface area (Å²) < 4.78 is 0. The SMILES string of the molecule is NC(=O)C1CCC(CCO)CC1. The lowest BCUT2D eigenvalue weighted by molar-refractivity contribution is -0.122. The van der Waals surface area contributed by atoms with Gasteiger partial charge in [-0.15, -0.1) is 0 Å². The molecule has 0 atom stereocenters. The molecule has 0 aromatic rings. The molecule has 3 nitrogen and oxygen atoms in total. The van der Waals surface area contributed by atoms with Gasteiger partial charge in [0.25, 0.3) is 0 Å². The van der Waals surface area contributed by atoms with Crippen LogP contribution in [0.3, 0.4) is 0 Å². The minimum Gasteiger partial charge on any atom is -0.396 e. The van der Waals surface area contributed by atoms with Crippen LogP contribution >= 0.6 is 0 Å². The van der Waals surface area contributed by atoms with Gasteiger partial charge in [0.2, 0.25) is 5.91 Å². The first kappa shape index (κ1) is 9.52. The highest BCUT2D eigenvalue weighted by Crippen LogP contribution is 2.30. The third-order valence-corrected chi connectivity index (χ3v) is 2.79. The van der Waals surface area contributed by atoms with Crippen LogP contribution < -0.4 is 5.73 Å². The van der Waals surface area contributed by atoms with Gasteiger partial charge in [-0.1, -0.05) is 0 Å². The van der Waals surface area contributed by atoms with Gasteiger partial charge in [0.05, 0.1) is 0 Å². The molecule has 1 fully saturated rings. The number of amides is 1. The molecule has 0 saturated heterocycles. The fourth-order valence-corrected chi connectivity index (χ4v) is 1.92. The fraction of sp³-hybridized carbons (Fsp3) is 0.889. The Hall–Kier alpha value is -0.570. The normalized spacial score (nSPS) is 30.1. The van der Waals surface area contributed by atoms with Crippen molar-refractivity contribution in [3.63, 3.8) is 0 Å². The van der Waals surface area contributed by atoms with Crippen LogP contribution in [-0.2, 0) is 4.79 Å². The second-order valence-electron chi connectivity index (χ2n) is 3.63. The van der Waals surface area contributed by atoms with E-state index in [4.69, 9.17) is 10.8 Å². The number of nitrogens with two attached hydrogens (primary N) is 1. The van der Waals surface area contributed by atoms with Crippen LogP contribution in [0, 0.1) is 11.8 Å². The van der Waals surface area contributed by atoms with Gasteiger partial charge in [0.1, 0.15) is 0 Å². The number of rotatable bonds is 3. The van der Waals surface area contributed by atoms with Gasteiger partial charge in [-0.05, 0) is 38.0 Å². The molecule has 0 heterocycles. The van der Waals surface area contributed by atoms with Crippen molar-refractivity contribution in [3.8, 4) is 0 Å². The first-order valence-corrected chi connectivity index (χ1v) is 4.64. The molecule has 0 unspecified atom stereocenters. The maximum absolute atomic E-state index is 10.8. The van der Waals surface area contributed by atoms with Gasteiger partial charge in [-0.3, -0.25) is 4.79 Å². The maximum Gasteiger partial charge on any atom is 0.220 e. The third-order valence-electron chi connectivity index (χ3n) is 2.79. The second-order valence-corrected chi connectivity index (χ2v) is 3.63. The molecule has 1 rings (SSSR count). The molecule has 1 aliphatic rings. The summed E-state index contributed by atoms with van der Waals surface area (Å²) in [5.74, 6) is 0.558. The van der Waals surface area contributed by atoms with E-state index in [2.05, 4.69) is 0 Å². The number of hydrogen-bond acceptors (Lipinski definition) is 2. The van der Waals surface area contributed by atoms with E-state index in [-0.39, 0.29) is 18.4 Å². The summed E-state index contributed by atoms with van der Waals surface area (Å²) in [6.07, 6.45) is 4.81. The molecule has 12 heavy (non-hydrogen) atoms. The van der Waals surface area contributed by atoms with E-state index in [0.717, 1.165) is 32.1 Å². The van der Waals surface area contributed by atoms with E-state index >= 15 is 0 Å². The molecule has 3 N–H and O–H groups in total. The number of carbonyl (C=O) groups excluding carboxylic acids is 1. The molecule has 1 amide bonds. The molecule has 0 aliphatic heterocycles. The van der Waals surface area contributed by atoms with Crippen LogP contribution in [0.1, 0.15) is 32.1 Å². The van der Waals surface area contributed by atoms with Crippen molar-refractivity contribution in [2.75, 3.05) is 6.61 Å². The van der Waals surface area contributed by atoms with E-state index in [9.17, 15) is 4.79 Å². The molecule has 1 aliphatic carbocycles. The van der Waals surface area contributed by atoms with Gasteiger partial charge in [-0.25, -0.2) is 0 Å². The van der Waals surface area contributed by atoms with Gasteiger partial charge in [-0.2, -0.15) is 0 Å². The first-order chi connectivity index (χ1) is 5.74. The summed E-state index contributed by atoms with van der Waals surface area (Å²) in [5, 5.41) is 8.70. The van der Waals surface area contributed by atoms with Crippen molar-refractivity contribution in [2.45, 2.75) is 32.1 Å². The Labute approximate surface area is 72.9 Å². The van der Waals surface area contributed by atoms with E-state index < -0.39 is 0 Å². The molecule has 0 aromatic carbocycles. The zero-order valence-electron chi connectivity index (χ0n) is 7.33. The van der Waals surface area contributed by atoms with Crippen molar-refractivity contribution >= 4 is 5.91 Å². The number of primary amides is 1. The minimum atomic E-state index is -0.155. The lowest BCUT2D eigenvalue weighted by Gasteiger charge is -2.25. The van der Waals surface area contributed by atoms with Crippen molar-refractivity contribution in [1.29, 1.82) is 0 Å². The van der Waals surface area contributed by atoms with Crippen LogP contribution in [0.25, 0.3) is 0 Å². The topological polar surface area (TPSA) is 63.3 Å². The van der Waals surface area contributed by atoms with Crippen LogP contribution in [0.15, 0.2) is 0 Å². The van der Waals surface area contributed by atoms with Gasteiger partial charge in [0.15, 0.2) is 0 Å². The molecule has 3 heteroatoms.